The van der Waals surface area contributed by atoms with Gasteiger partial charge in [0.2, 0.25) is 15.9 Å². The minimum atomic E-state index is -3.54. The highest BCUT2D eigenvalue weighted by atomic mass is 32.2. The maximum Gasteiger partial charge on any atom is 0.254 e. The number of likely N-dealkylation sites (N-methyl/N-ethyl adjacent to an activating group) is 1. The van der Waals surface area contributed by atoms with Gasteiger partial charge in [0.25, 0.3) is 5.91 Å². The van der Waals surface area contributed by atoms with E-state index >= 15 is 0 Å². The summed E-state index contributed by atoms with van der Waals surface area (Å²) in [4.78, 5) is 29.5. The van der Waals surface area contributed by atoms with Crippen molar-refractivity contribution in [2.24, 2.45) is 0 Å². The van der Waals surface area contributed by atoms with Crippen LogP contribution in [0.3, 0.4) is 0 Å². The van der Waals surface area contributed by atoms with Gasteiger partial charge in [0.1, 0.15) is 0 Å². The van der Waals surface area contributed by atoms with Crippen molar-refractivity contribution in [1.29, 1.82) is 0 Å². The summed E-state index contributed by atoms with van der Waals surface area (Å²) in [5.41, 5.74) is 1.72. The number of hydrogen-bond acceptors (Lipinski definition) is 5. The molecule has 3 aromatic rings. The molecule has 0 saturated carbocycles. The van der Waals surface area contributed by atoms with Crippen molar-refractivity contribution in [3.05, 3.63) is 82.0 Å². The van der Waals surface area contributed by atoms with E-state index in [1.165, 1.54) is 15.6 Å². The number of hydrogen-bond donors (Lipinski definition) is 1. The number of fused-ring (bicyclic) bond motifs is 1. The molecular weight excluding hydrogens is 482 g/mol. The fourth-order valence-corrected chi connectivity index (χ4v) is 7.38. The van der Waals surface area contributed by atoms with E-state index in [4.69, 9.17) is 0 Å². The SMILES string of the molecule is CN1C(=O)c2ccccc2[C@H](C(=O)Nc2ccc(S(=O)(=O)N3CCCCC3)cc2)[C@@H]1c1cccs1. The fourth-order valence-electron chi connectivity index (χ4n) is 4.96. The Kier molecular flexibility index (Phi) is 6.48. The summed E-state index contributed by atoms with van der Waals surface area (Å²) in [5, 5.41) is 4.89. The molecular formula is C26H27N3O4S2. The highest BCUT2D eigenvalue weighted by Gasteiger charge is 2.43. The van der Waals surface area contributed by atoms with Crippen molar-refractivity contribution in [1.82, 2.24) is 9.21 Å². The maximum absolute atomic E-state index is 13.6. The lowest BCUT2D eigenvalue weighted by molar-refractivity contribution is -0.119. The minimum Gasteiger partial charge on any atom is -0.333 e. The number of thiophene rings is 1. The summed E-state index contributed by atoms with van der Waals surface area (Å²) in [6.07, 6.45) is 2.80. The molecule has 0 spiro atoms. The summed E-state index contributed by atoms with van der Waals surface area (Å²) in [7, 11) is -1.82. The third-order valence-electron chi connectivity index (χ3n) is 6.77. The van der Waals surface area contributed by atoms with Gasteiger partial charge in [-0.25, -0.2) is 8.42 Å². The quantitative estimate of drug-likeness (QED) is 0.550. The minimum absolute atomic E-state index is 0.115. The highest BCUT2D eigenvalue weighted by molar-refractivity contribution is 7.89. The Hall–Kier alpha value is -3.01. The molecule has 2 aromatic carbocycles. The van der Waals surface area contributed by atoms with Gasteiger partial charge in [-0.05, 0) is 60.2 Å². The van der Waals surface area contributed by atoms with E-state index in [1.54, 1.807) is 48.3 Å². The molecule has 2 aliphatic heterocycles. The number of nitrogens with one attached hydrogen (secondary N) is 1. The van der Waals surface area contributed by atoms with Crippen LogP contribution in [0, 0.1) is 0 Å². The van der Waals surface area contributed by atoms with Crippen LogP contribution >= 0.6 is 11.3 Å². The normalized spacial score (nSPS) is 20.9. The average molecular weight is 510 g/mol. The summed E-state index contributed by atoms with van der Waals surface area (Å²) in [5.74, 6) is -0.971. The first-order valence-corrected chi connectivity index (χ1v) is 14.0. The number of amides is 2. The number of nitrogens with zero attached hydrogens (tertiary/aromatic N) is 2. The van der Waals surface area contributed by atoms with E-state index < -0.39 is 22.0 Å². The maximum atomic E-state index is 13.6. The Morgan fingerprint density at radius 2 is 1.69 bits per heavy atom. The first-order chi connectivity index (χ1) is 16.9. The number of carbonyl (C=O) groups is 2. The number of benzene rings is 2. The van der Waals surface area contributed by atoms with E-state index in [0.29, 0.717) is 29.9 Å². The predicted octanol–water partition coefficient (Wildman–Crippen LogP) is 4.47. The second kappa shape index (κ2) is 9.56. The summed E-state index contributed by atoms with van der Waals surface area (Å²) in [6, 6.07) is 17.0. The fraction of sp³-hybridized carbons (Fsp3) is 0.308. The van der Waals surface area contributed by atoms with E-state index in [1.807, 2.05) is 29.6 Å². The molecule has 3 heterocycles. The molecule has 0 radical (unpaired) electrons. The molecule has 1 aromatic heterocycles. The predicted molar refractivity (Wildman–Crippen MR) is 136 cm³/mol. The van der Waals surface area contributed by atoms with Gasteiger partial charge in [-0.1, -0.05) is 30.7 Å². The van der Waals surface area contributed by atoms with Gasteiger partial charge in [0.15, 0.2) is 0 Å². The van der Waals surface area contributed by atoms with Gasteiger partial charge in [0, 0.05) is 36.3 Å². The van der Waals surface area contributed by atoms with Crippen LogP contribution in [0.5, 0.6) is 0 Å². The highest BCUT2D eigenvalue weighted by Crippen LogP contribution is 2.43. The molecule has 1 fully saturated rings. The van der Waals surface area contributed by atoms with E-state index in [-0.39, 0.29) is 16.7 Å². The molecule has 1 saturated heterocycles. The Labute approximate surface area is 209 Å². The smallest absolute Gasteiger partial charge is 0.254 e. The van der Waals surface area contributed by atoms with Crippen LogP contribution in [0.2, 0.25) is 0 Å². The number of carbonyl (C=O) groups excluding carboxylic acids is 2. The van der Waals surface area contributed by atoms with Crippen molar-refractivity contribution in [3.63, 3.8) is 0 Å². The zero-order valence-corrected chi connectivity index (χ0v) is 21.0. The first-order valence-electron chi connectivity index (χ1n) is 11.7. The topological polar surface area (TPSA) is 86.8 Å². The molecule has 9 heteroatoms. The van der Waals surface area contributed by atoms with Gasteiger partial charge in [-0.2, -0.15) is 4.31 Å². The molecule has 0 bridgehead atoms. The van der Waals surface area contributed by atoms with Crippen LogP contribution in [0.1, 0.15) is 52.0 Å². The lowest BCUT2D eigenvalue weighted by Crippen LogP contribution is -2.43. The van der Waals surface area contributed by atoms with E-state index in [2.05, 4.69) is 5.32 Å². The average Bonchev–Trinajstić information content (AvgIpc) is 3.41. The Morgan fingerprint density at radius 1 is 0.971 bits per heavy atom. The molecule has 182 valence electrons. The number of sulfonamides is 1. The molecule has 0 aliphatic carbocycles. The molecule has 7 nitrogen and oxygen atoms in total. The lowest BCUT2D eigenvalue weighted by Gasteiger charge is -2.39. The summed E-state index contributed by atoms with van der Waals surface area (Å²) in [6.45, 7) is 1.08. The monoisotopic (exact) mass is 509 g/mol. The van der Waals surface area contributed by atoms with Gasteiger partial charge >= 0.3 is 0 Å². The van der Waals surface area contributed by atoms with Crippen LogP contribution < -0.4 is 5.32 Å². The Bertz CT molecular complexity index is 1330. The van der Waals surface area contributed by atoms with Crippen LogP contribution in [0.25, 0.3) is 0 Å². The van der Waals surface area contributed by atoms with Crippen LogP contribution in [-0.4, -0.2) is 49.6 Å². The molecule has 0 unspecified atom stereocenters. The van der Waals surface area contributed by atoms with Gasteiger partial charge in [-0.3, -0.25) is 9.59 Å². The van der Waals surface area contributed by atoms with E-state index in [0.717, 1.165) is 24.1 Å². The van der Waals surface area contributed by atoms with Crippen LogP contribution in [-0.2, 0) is 14.8 Å². The van der Waals surface area contributed by atoms with Crippen LogP contribution in [0.15, 0.2) is 70.9 Å². The number of anilines is 1. The van der Waals surface area contributed by atoms with Crippen molar-refractivity contribution >= 4 is 38.9 Å². The summed E-state index contributed by atoms with van der Waals surface area (Å²) < 4.78 is 27.4. The van der Waals surface area contributed by atoms with Crippen molar-refractivity contribution in [2.45, 2.75) is 36.1 Å². The van der Waals surface area contributed by atoms with Gasteiger partial charge in [-0.15, -0.1) is 11.3 Å². The first kappa shape index (κ1) is 23.7. The third-order valence-corrected chi connectivity index (χ3v) is 9.63. The molecule has 2 aliphatic rings. The molecule has 1 N–H and O–H groups in total. The molecule has 35 heavy (non-hydrogen) atoms. The lowest BCUT2D eigenvalue weighted by atomic mass is 9.81. The zero-order valence-electron chi connectivity index (χ0n) is 19.4. The van der Waals surface area contributed by atoms with Crippen molar-refractivity contribution < 1.29 is 18.0 Å². The number of piperidine rings is 1. The summed E-state index contributed by atoms with van der Waals surface area (Å²) >= 11 is 1.51. The van der Waals surface area contributed by atoms with Gasteiger partial charge in [0.05, 0.1) is 16.9 Å². The molecule has 2 amide bonds. The Balaban J connectivity index is 1.43. The standard InChI is InChI=1S/C26H27N3O4S2/c1-28-24(22-10-7-17-34-22)23(20-8-3-4-9-21(20)26(28)31)25(30)27-18-11-13-19(14-12-18)35(32,33)29-15-5-2-6-16-29/h3-4,7-14,17,23-24H,2,5-6,15-16H2,1H3,(H,27,30)/t23-,24-/m0/s1. The van der Waals surface area contributed by atoms with Crippen LogP contribution in [0.4, 0.5) is 5.69 Å². The number of rotatable bonds is 5. The van der Waals surface area contributed by atoms with E-state index in [9.17, 15) is 18.0 Å². The van der Waals surface area contributed by atoms with Crippen molar-refractivity contribution in [3.8, 4) is 0 Å². The second-order valence-electron chi connectivity index (χ2n) is 8.92. The molecule has 5 rings (SSSR count). The second-order valence-corrected chi connectivity index (χ2v) is 11.8. The third kappa shape index (κ3) is 4.39. The van der Waals surface area contributed by atoms with Crippen molar-refractivity contribution in [2.75, 3.05) is 25.5 Å². The Morgan fingerprint density at radius 3 is 2.37 bits per heavy atom. The van der Waals surface area contributed by atoms with Gasteiger partial charge < -0.3 is 10.2 Å². The zero-order chi connectivity index (χ0) is 24.6. The molecule has 2 atom stereocenters. The largest absolute Gasteiger partial charge is 0.333 e.